The molecule has 1 amide bonds. The van der Waals surface area contributed by atoms with Crippen LogP contribution in [-0.2, 0) is 0 Å². The van der Waals surface area contributed by atoms with Crippen LogP contribution in [-0.4, -0.2) is 34.3 Å². The fourth-order valence-corrected chi connectivity index (χ4v) is 2.29. The number of rotatable bonds is 6. The topological polar surface area (TPSA) is 66.0 Å². The van der Waals surface area contributed by atoms with Crippen LogP contribution >= 0.6 is 0 Å². The molecule has 2 aromatic carbocycles. The zero-order chi connectivity index (χ0) is 17.7. The van der Waals surface area contributed by atoms with Crippen LogP contribution in [0.25, 0.3) is 0 Å². The fraction of sp³-hybridized carbons (Fsp3) is 0.278. The van der Waals surface area contributed by atoms with Gasteiger partial charge in [-0.15, -0.1) is 0 Å². The SMILES string of the molecule is COc1ccc(C(=O)Nc2cc(OC)c(OC)cc2C)c(OC)c1. The van der Waals surface area contributed by atoms with E-state index in [-0.39, 0.29) is 5.91 Å². The van der Waals surface area contributed by atoms with Gasteiger partial charge < -0.3 is 24.3 Å². The second kappa shape index (κ2) is 7.59. The summed E-state index contributed by atoms with van der Waals surface area (Å²) in [5, 5.41) is 2.87. The third-order valence-corrected chi connectivity index (χ3v) is 3.63. The predicted molar refractivity (Wildman–Crippen MR) is 91.8 cm³/mol. The van der Waals surface area contributed by atoms with Crippen molar-refractivity contribution in [1.29, 1.82) is 0 Å². The van der Waals surface area contributed by atoms with Gasteiger partial charge in [0.25, 0.3) is 5.91 Å². The van der Waals surface area contributed by atoms with Crippen molar-refractivity contribution in [3.63, 3.8) is 0 Å². The Morgan fingerprint density at radius 2 is 1.46 bits per heavy atom. The summed E-state index contributed by atoms with van der Waals surface area (Å²) < 4.78 is 20.9. The van der Waals surface area contributed by atoms with Crippen LogP contribution in [0.3, 0.4) is 0 Å². The van der Waals surface area contributed by atoms with Crippen molar-refractivity contribution < 1.29 is 23.7 Å². The molecule has 6 nitrogen and oxygen atoms in total. The lowest BCUT2D eigenvalue weighted by Crippen LogP contribution is -2.14. The molecule has 0 saturated carbocycles. The molecular formula is C18H21NO5. The summed E-state index contributed by atoms with van der Waals surface area (Å²) in [5.41, 5.74) is 1.90. The monoisotopic (exact) mass is 331 g/mol. The van der Waals surface area contributed by atoms with Gasteiger partial charge in [-0.2, -0.15) is 0 Å². The number of anilines is 1. The van der Waals surface area contributed by atoms with Gasteiger partial charge in [0.2, 0.25) is 0 Å². The number of hydrogen-bond acceptors (Lipinski definition) is 5. The van der Waals surface area contributed by atoms with E-state index in [0.717, 1.165) is 5.56 Å². The second-order valence-corrected chi connectivity index (χ2v) is 5.04. The molecule has 0 aliphatic heterocycles. The van der Waals surface area contributed by atoms with Gasteiger partial charge >= 0.3 is 0 Å². The Balaban J connectivity index is 2.33. The number of ether oxygens (including phenoxy) is 4. The first-order valence-electron chi connectivity index (χ1n) is 7.30. The average Bonchev–Trinajstić information content (AvgIpc) is 2.62. The van der Waals surface area contributed by atoms with Crippen molar-refractivity contribution in [3.8, 4) is 23.0 Å². The lowest BCUT2D eigenvalue weighted by Gasteiger charge is -2.15. The molecule has 0 heterocycles. The van der Waals surface area contributed by atoms with Crippen LogP contribution in [0.4, 0.5) is 5.69 Å². The Labute approximate surface area is 141 Å². The molecule has 2 aromatic rings. The van der Waals surface area contributed by atoms with Crippen molar-refractivity contribution in [1.82, 2.24) is 0 Å². The molecule has 0 bridgehead atoms. The summed E-state index contributed by atoms with van der Waals surface area (Å²) in [6.07, 6.45) is 0. The van der Waals surface area contributed by atoms with Crippen molar-refractivity contribution in [3.05, 3.63) is 41.5 Å². The van der Waals surface area contributed by atoms with E-state index in [1.165, 1.54) is 7.11 Å². The van der Waals surface area contributed by atoms with E-state index in [1.807, 2.05) is 6.92 Å². The maximum Gasteiger partial charge on any atom is 0.259 e. The molecule has 128 valence electrons. The standard InChI is InChI=1S/C18H21NO5/c1-11-8-16(23-4)17(24-5)10-14(11)19-18(20)13-7-6-12(21-2)9-15(13)22-3/h6-10H,1-5H3,(H,19,20). The maximum absolute atomic E-state index is 12.6. The van der Waals surface area contributed by atoms with Crippen LogP contribution in [0.2, 0.25) is 0 Å². The summed E-state index contributed by atoms with van der Waals surface area (Å²) in [4.78, 5) is 12.6. The molecule has 0 saturated heterocycles. The third-order valence-electron chi connectivity index (χ3n) is 3.63. The number of methoxy groups -OCH3 is 4. The first kappa shape index (κ1) is 17.5. The van der Waals surface area contributed by atoms with Crippen molar-refractivity contribution in [2.45, 2.75) is 6.92 Å². The van der Waals surface area contributed by atoms with Crippen LogP contribution < -0.4 is 24.3 Å². The van der Waals surface area contributed by atoms with E-state index in [2.05, 4.69) is 5.32 Å². The molecule has 0 aromatic heterocycles. The molecule has 0 aliphatic rings. The molecule has 2 rings (SSSR count). The average molecular weight is 331 g/mol. The summed E-state index contributed by atoms with van der Waals surface area (Å²) >= 11 is 0. The molecule has 0 unspecified atom stereocenters. The highest BCUT2D eigenvalue weighted by Gasteiger charge is 2.16. The minimum atomic E-state index is -0.287. The summed E-state index contributed by atoms with van der Waals surface area (Å²) in [5.74, 6) is 1.91. The number of carbonyl (C=O) groups excluding carboxylic acids is 1. The lowest BCUT2D eigenvalue weighted by molar-refractivity contribution is 0.102. The molecule has 1 N–H and O–H groups in total. The van der Waals surface area contributed by atoms with E-state index >= 15 is 0 Å². The van der Waals surface area contributed by atoms with Gasteiger partial charge in [0.15, 0.2) is 11.5 Å². The van der Waals surface area contributed by atoms with E-state index < -0.39 is 0 Å². The number of amides is 1. The smallest absolute Gasteiger partial charge is 0.259 e. The van der Waals surface area contributed by atoms with E-state index in [9.17, 15) is 4.79 Å². The molecule has 0 atom stereocenters. The maximum atomic E-state index is 12.6. The van der Waals surface area contributed by atoms with Crippen molar-refractivity contribution >= 4 is 11.6 Å². The van der Waals surface area contributed by atoms with Crippen LogP contribution in [0, 0.1) is 6.92 Å². The lowest BCUT2D eigenvalue weighted by atomic mass is 10.1. The van der Waals surface area contributed by atoms with Gasteiger partial charge in [-0.3, -0.25) is 4.79 Å². The highest BCUT2D eigenvalue weighted by atomic mass is 16.5. The summed E-state index contributed by atoms with van der Waals surface area (Å²) in [7, 11) is 6.18. The Bertz CT molecular complexity index is 742. The van der Waals surface area contributed by atoms with Crippen molar-refractivity contribution in [2.75, 3.05) is 33.8 Å². The third kappa shape index (κ3) is 3.53. The number of aryl methyl sites for hydroxylation is 1. The second-order valence-electron chi connectivity index (χ2n) is 5.04. The summed E-state index contributed by atoms with van der Waals surface area (Å²) in [6.45, 7) is 1.88. The number of hydrogen-bond donors (Lipinski definition) is 1. The fourth-order valence-electron chi connectivity index (χ4n) is 2.29. The van der Waals surface area contributed by atoms with Crippen LogP contribution in [0.5, 0.6) is 23.0 Å². The molecular weight excluding hydrogens is 310 g/mol. The highest BCUT2D eigenvalue weighted by Crippen LogP contribution is 2.33. The Kier molecular flexibility index (Phi) is 5.52. The number of benzene rings is 2. The van der Waals surface area contributed by atoms with Crippen molar-refractivity contribution in [2.24, 2.45) is 0 Å². The zero-order valence-corrected chi connectivity index (χ0v) is 14.4. The highest BCUT2D eigenvalue weighted by molar-refractivity contribution is 6.06. The van der Waals surface area contributed by atoms with Crippen LogP contribution in [0.15, 0.2) is 30.3 Å². The predicted octanol–water partition coefficient (Wildman–Crippen LogP) is 3.28. The van der Waals surface area contributed by atoms with Crippen LogP contribution in [0.1, 0.15) is 15.9 Å². The quantitative estimate of drug-likeness (QED) is 0.880. The Hall–Kier alpha value is -2.89. The van der Waals surface area contributed by atoms with Gasteiger partial charge in [0.1, 0.15) is 11.5 Å². The van der Waals surface area contributed by atoms with Gasteiger partial charge in [0.05, 0.1) is 34.0 Å². The molecule has 24 heavy (non-hydrogen) atoms. The van der Waals surface area contributed by atoms with Gasteiger partial charge in [-0.05, 0) is 30.7 Å². The van der Waals surface area contributed by atoms with E-state index in [1.54, 1.807) is 51.7 Å². The van der Waals surface area contributed by atoms with E-state index in [4.69, 9.17) is 18.9 Å². The van der Waals surface area contributed by atoms with E-state index in [0.29, 0.717) is 34.2 Å². The molecule has 0 aliphatic carbocycles. The Morgan fingerprint density at radius 1 is 0.833 bits per heavy atom. The zero-order valence-electron chi connectivity index (χ0n) is 14.4. The number of carbonyl (C=O) groups is 1. The summed E-state index contributed by atoms with van der Waals surface area (Å²) in [6, 6.07) is 8.56. The first-order chi connectivity index (χ1) is 11.5. The molecule has 0 spiro atoms. The number of nitrogens with one attached hydrogen (secondary N) is 1. The largest absolute Gasteiger partial charge is 0.497 e. The Morgan fingerprint density at radius 3 is 2.04 bits per heavy atom. The normalized spacial score (nSPS) is 10.0. The molecule has 0 radical (unpaired) electrons. The van der Waals surface area contributed by atoms with Gasteiger partial charge in [0, 0.05) is 17.8 Å². The van der Waals surface area contributed by atoms with Gasteiger partial charge in [-0.1, -0.05) is 0 Å². The first-order valence-corrected chi connectivity index (χ1v) is 7.30. The molecule has 0 fully saturated rings. The van der Waals surface area contributed by atoms with Gasteiger partial charge in [-0.25, -0.2) is 0 Å². The minimum Gasteiger partial charge on any atom is -0.497 e. The molecule has 6 heteroatoms. The minimum absolute atomic E-state index is 0.287.